The number of amides is 2. The number of benzene rings is 1. The number of pyridine rings is 1. The monoisotopic (exact) mass is 353 g/mol. The van der Waals surface area contributed by atoms with Crippen LogP contribution in [-0.2, 0) is 17.6 Å². The molecule has 26 heavy (non-hydrogen) atoms. The van der Waals surface area contributed by atoms with Crippen molar-refractivity contribution in [2.45, 2.75) is 38.1 Å². The number of likely N-dealkylation sites (tertiary alicyclic amines) is 1. The zero-order valence-corrected chi connectivity index (χ0v) is 15.0. The summed E-state index contributed by atoms with van der Waals surface area (Å²) in [7, 11) is 1.39. The van der Waals surface area contributed by atoms with Crippen molar-refractivity contribution in [1.29, 1.82) is 0 Å². The number of nitrogens with zero attached hydrogens (tertiary/aromatic N) is 2. The van der Waals surface area contributed by atoms with Crippen LogP contribution in [0, 0.1) is 0 Å². The average Bonchev–Trinajstić information content (AvgIpc) is 3.13. The van der Waals surface area contributed by atoms with E-state index in [1.165, 1.54) is 7.11 Å². The van der Waals surface area contributed by atoms with Crippen LogP contribution in [0.4, 0.5) is 4.79 Å². The third-order valence-corrected chi connectivity index (χ3v) is 5.41. The Morgan fingerprint density at radius 2 is 1.96 bits per heavy atom. The van der Waals surface area contributed by atoms with E-state index in [4.69, 9.17) is 9.72 Å². The first-order valence-corrected chi connectivity index (χ1v) is 9.21. The lowest BCUT2D eigenvalue weighted by atomic mass is 9.99. The zero-order valence-electron chi connectivity index (χ0n) is 15.0. The van der Waals surface area contributed by atoms with Gasteiger partial charge in [0.05, 0.1) is 18.2 Å². The van der Waals surface area contributed by atoms with Crippen molar-refractivity contribution < 1.29 is 14.3 Å². The molecule has 1 saturated heterocycles. The molecular formula is C20H23N3O3. The Balaban J connectivity index is 1.55. The number of hydrogen-bond donors (Lipinski definition) is 1. The zero-order chi connectivity index (χ0) is 18.1. The second-order valence-electron chi connectivity index (χ2n) is 6.99. The fourth-order valence-electron chi connectivity index (χ4n) is 4.06. The highest BCUT2D eigenvalue weighted by Crippen LogP contribution is 2.30. The van der Waals surface area contributed by atoms with Crippen LogP contribution >= 0.6 is 0 Å². The van der Waals surface area contributed by atoms with Crippen molar-refractivity contribution in [1.82, 2.24) is 15.2 Å². The largest absolute Gasteiger partial charge is 0.453 e. The van der Waals surface area contributed by atoms with Gasteiger partial charge >= 0.3 is 6.09 Å². The maximum atomic E-state index is 13.1. The minimum atomic E-state index is -0.298. The number of nitrogens with one attached hydrogen (secondary N) is 1. The molecule has 1 N–H and O–H groups in total. The van der Waals surface area contributed by atoms with Gasteiger partial charge in [0.2, 0.25) is 0 Å². The number of aromatic nitrogens is 1. The summed E-state index contributed by atoms with van der Waals surface area (Å²) in [5, 5.41) is 4.12. The molecule has 0 unspecified atom stereocenters. The molecule has 0 saturated carbocycles. The van der Waals surface area contributed by atoms with E-state index in [1.54, 1.807) is 4.90 Å². The number of hydrogen-bond acceptors (Lipinski definition) is 4. The molecule has 4 rings (SSSR count). The number of piperidine rings is 1. The van der Waals surface area contributed by atoms with E-state index < -0.39 is 0 Å². The summed E-state index contributed by atoms with van der Waals surface area (Å²) in [4.78, 5) is 31.1. The van der Waals surface area contributed by atoms with Gasteiger partial charge in [-0.1, -0.05) is 18.2 Å². The van der Waals surface area contributed by atoms with E-state index in [0.717, 1.165) is 59.8 Å². The number of ether oxygens (including phenoxy) is 1. The third-order valence-electron chi connectivity index (χ3n) is 5.41. The minimum absolute atomic E-state index is 0.0155. The van der Waals surface area contributed by atoms with Gasteiger partial charge in [-0.15, -0.1) is 0 Å². The van der Waals surface area contributed by atoms with Crippen molar-refractivity contribution in [3.63, 3.8) is 0 Å². The second-order valence-corrected chi connectivity index (χ2v) is 6.99. The molecule has 1 aliphatic carbocycles. The van der Waals surface area contributed by atoms with E-state index in [1.807, 2.05) is 24.3 Å². The molecule has 2 aliphatic rings. The molecule has 1 aromatic heterocycles. The maximum Gasteiger partial charge on any atom is 0.409 e. The predicted molar refractivity (Wildman–Crippen MR) is 98.2 cm³/mol. The van der Waals surface area contributed by atoms with Crippen LogP contribution in [0.15, 0.2) is 24.3 Å². The van der Waals surface area contributed by atoms with E-state index in [0.29, 0.717) is 13.1 Å². The van der Waals surface area contributed by atoms with E-state index in [9.17, 15) is 9.59 Å². The number of methoxy groups -OCH3 is 1. The van der Waals surface area contributed by atoms with Crippen LogP contribution in [-0.4, -0.2) is 48.1 Å². The molecule has 0 radical (unpaired) electrons. The number of fused-ring (bicyclic) bond motifs is 2. The highest BCUT2D eigenvalue weighted by atomic mass is 16.5. The van der Waals surface area contributed by atoms with E-state index in [2.05, 4.69) is 5.32 Å². The molecule has 1 fully saturated rings. The molecular weight excluding hydrogens is 330 g/mol. The normalized spacial score (nSPS) is 17.2. The van der Waals surface area contributed by atoms with Crippen molar-refractivity contribution in [2.75, 3.05) is 20.2 Å². The first-order chi connectivity index (χ1) is 12.7. The lowest BCUT2D eigenvalue weighted by Gasteiger charge is -2.31. The summed E-state index contributed by atoms with van der Waals surface area (Å²) in [6, 6.07) is 7.94. The number of rotatable bonds is 2. The van der Waals surface area contributed by atoms with Gasteiger partial charge in [0.1, 0.15) is 0 Å². The van der Waals surface area contributed by atoms with Gasteiger partial charge in [-0.05, 0) is 43.7 Å². The quantitative estimate of drug-likeness (QED) is 0.901. The highest BCUT2D eigenvalue weighted by molar-refractivity contribution is 6.08. The van der Waals surface area contributed by atoms with Crippen LogP contribution in [0.2, 0.25) is 0 Å². The lowest BCUT2D eigenvalue weighted by molar-refractivity contribution is 0.0893. The maximum absolute atomic E-state index is 13.1. The van der Waals surface area contributed by atoms with Crippen molar-refractivity contribution in [3.05, 3.63) is 41.1 Å². The first-order valence-electron chi connectivity index (χ1n) is 9.21. The van der Waals surface area contributed by atoms with Crippen molar-refractivity contribution in [3.8, 4) is 0 Å². The number of aryl methyl sites for hydroxylation is 1. The Bertz CT molecular complexity index is 857. The fourth-order valence-corrected chi connectivity index (χ4v) is 4.06. The summed E-state index contributed by atoms with van der Waals surface area (Å²) in [6.45, 7) is 1.21. The molecule has 2 heterocycles. The standard InChI is InChI=1S/C20H23N3O3/c1-26-20(25)23-11-9-13(10-12-23)21-19(24)18-14-5-2-3-7-16(14)22-17-8-4-6-15(17)18/h2-3,5,7,13H,4,6,8-12H2,1H3,(H,21,24). The smallest absolute Gasteiger partial charge is 0.409 e. The summed E-state index contributed by atoms with van der Waals surface area (Å²) in [5.41, 5.74) is 3.85. The number of carbonyl (C=O) groups is 2. The van der Waals surface area contributed by atoms with Gasteiger partial charge in [-0.3, -0.25) is 9.78 Å². The number of para-hydroxylation sites is 1. The first kappa shape index (κ1) is 16.8. The summed E-state index contributed by atoms with van der Waals surface area (Å²) < 4.78 is 4.77. The average molecular weight is 353 g/mol. The SMILES string of the molecule is COC(=O)N1CCC(NC(=O)c2c3c(nc4ccccc24)CCC3)CC1. The molecule has 0 atom stereocenters. The molecule has 0 bridgehead atoms. The van der Waals surface area contributed by atoms with Crippen LogP contribution < -0.4 is 5.32 Å². The van der Waals surface area contributed by atoms with Crippen molar-refractivity contribution in [2.24, 2.45) is 0 Å². The van der Waals surface area contributed by atoms with Gasteiger partial charge in [0.25, 0.3) is 5.91 Å². The van der Waals surface area contributed by atoms with Crippen LogP contribution in [0.25, 0.3) is 10.9 Å². The summed E-state index contributed by atoms with van der Waals surface area (Å²) in [5.74, 6) is -0.0155. The minimum Gasteiger partial charge on any atom is -0.453 e. The lowest BCUT2D eigenvalue weighted by Crippen LogP contribution is -2.46. The summed E-state index contributed by atoms with van der Waals surface area (Å²) >= 11 is 0. The Labute approximate surface area is 152 Å². The molecule has 2 amide bonds. The third kappa shape index (κ3) is 3.00. The molecule has 1 aromatic carbocycles. The molecule has 0 spiro atoms. The Kier molecular flexibility index (Phi) is 4.49. The Morgan fingerprint density at radius 3 is 2.73 bits per heavy atom. The van der Waals surface area contributed by atoms with E-state index in [-0.39, 0.29) is 18.0 Å². The molecule has 136 valence electrons. The highest BCUT2D eigenvalue weighted by Gasteiger charge is 2.28. The predicted octanol–water partition coefficient (Wildman–Crippen LogP) is 2.68. The molecule has 6 heteroatoms. The van der Waals surface area contributed by atoms with Crippen LogP contribution in [0.3, 0.4) is 0 Å². The Morgan fingerprint density at radius 1 is 1.19 bits per heavy atom. The molecule has 6 nitrogen and oxygen atoms in total. The van der Waals surface area contributed by atoms with Gasteiger partial charge in [0, 0.05) is 30.2 Å². The van der Waals surface area contributed by atoms with Crippen LogP contribution in [0.5, 0.6) is 0 Å². The topological polar surface area (TPSA) is 71.5 Å². The van der Waals surface area contributed by atoms with Gasteiger partial charge < -0.3 is 15.0 Å². The second kappa shape index (κ2) is 6.94. The fraction of sp³-hybridized carbons (Fsp3) is 0.450. The van der Waals surface area contributed by atoms with E-state index >= 15 is 0 Å². The van der Waals surface area contributed by atoms with Crippen LogP contribution in [0.1, 0.15) is 40.9 Å². The molecule has 2 aromatic rings. The molecule has 1 aliphatic heterocycles. The van der Waals surface area contributed by atoms with Gasteiger partial charge in [-0.2, -0.15) is 0 Å². The summed E-state index contributed by atoms with van der Waals surface area (Å²) in [6.07, 6.45) is 4.09. The Hall–Kier alpha value is -2.63. The van der Waals surface area contributed by atoms with Gasteiger partial charge in [0.15, 0.2) is 0 Å². The number of carbonyl (C=O) groups excluding carboxylic acids is 2. The van der Waals surface area contributed by atoms with Gasteiger partial charge in [-0.25, -0.2) is 4.79 Å². The van der Waals surface area contributed by atoms with Crippen molar-refractivity contribution >= 4 is 22.9 Å².